The van der Waals surface area contributed by atoms with E-state index in [-0.39, 0.29) is 0 Å². The largest absolute Gasteiger partial charge is 0.314 e. The summed E-state index contributed by atoms with van der Waals surface area (Å²) in [6, 6.07) is 0.916. The number of fused-ring (bicyclic) bond motifs is 2. The van der Waals surface area contributed by atoms with Gasteiger partial charge in [-0.1, -0.05) is 0 Å². The van der Waals surface area contributed by atoms with E-state index >= 15 is 0 Å². The standard InChI is InChI=1S/C10H17N/c1-2-8(1)9-3-7-4-10(5-9)11-6-7/h7-11H,1-6H2. The summed E-state index contributed by atoms with van der Waals surface area (Å²) in [5.41, 5.74) is 0. The zero-order valence-electron chi connectivity index (χ0n) is 7.05. The predicted molar refractivity (Wildman–Crippen MR) is 45.3 cm³/mol. The second-order valence-corrected chi connectivity index (χ2v) is 4.78. The fourth-order valence-electron chi connectivity index (χ4n) is 3.10. The number of hydrogen-bond donors (Lipinski definition) is 1. The van der Waals surface area contributed by atoms with E-state index in [1.165, 1.54) is 19.4 Å². The van der Waals surface area contributed by atoms with E-state index < -0.39 is 0 Å². The van der Waals surface area contributed by atoms with Crippen LogP contribution in [0.4, 0.5) is 0 Å². The van der Waals surface area contributed by atoms with Crippen LogP contribution in [-0.4, -0.2) is 12.6 Å². The monoisotopic (exact) mass is 151 g/mol. The first kappa shape index (κ1) is 6.47. The lowest BCUT2D eigenvalue weighted by molar-refractivity contribution is 0.270. The second kappa shape index (κ2) is 2.22. The molecule has 3 rings (SSSR count). The quantitative estimate of drug-likeness (QED) is 0.602. The Balaban J connectivity index is 1.70. The zero-order valence-corrected chi connectivity index (χ0v) is 7.05. The Hall–Kier alpha value is -0.0400. The van der Waals surface area contributed by atoms with Gasteiger partial charge in [-0.25, -0.2) is 0 Å². The molecule has 0 amide bonds. The maximum atomic E-state index is 3.63. The van der Waals surface area contributed by atoms with Crippen LogP contribution in [0.1, 0.15) is 32.1 Å². The minimum absolute atomic E-state index is 0.916. The van der Waals surface area contributed by atoms with Gasteiger partial charge >= 0.3 is 0 Å². The van der Waals surface area contributed by atoms with E-state index in [2.05, 4.69) is 5.32 Å². The summed E-state index contributed by atoms with van der Waals surface area (Å²) < 4.78 is 0. The highest BCUT2D eigenvalue weighted by Gasteiger charge is 2.40. The third kappa shape index (κ3) is 1.10. The molecule has 11 heavy (non-hydrogen) atoms. The SMILES string of the molecule is C1NC2CC1CC(C1CC1)C2. The summed E-state index contributed by atoms with van der Waals surface area (Å²) in [4.78, 5) is 0. The van der Waals surface area contributed by atoms with Gasteiger partial charge in [0.2, 0.25) is 0 Å². The summed E-state index contributed by atoms with van der Waals surface area (Å²) in [5.74, 6) is 3.33. The molecule has 1 N–H and O–H groups in total. The Morgan fingerprint density at radius 1 is 0.909 bits per heavy atom. The molecule has 2 aliphatic carbocycles. The lowest BCUT2D eigenvalue weighted by atomic mass is 9.79. The molecule has 1 aliphatic heterocycles. The highest BCUT2D eigenvalue weighted by atomic mass is 15.0. The molecule has 3 unspecified atom stereocenters. The molecule has 2 saturated carbocycles. The minimum atomic E-state index is 0.916. The molecule has 3 atom stereocenters. The lowest BCUT2D eigenvalue weighted by Crippen LogP contribution is -2.25. The molecule has 0 aromatic rings. The van der Waals surface area contributed by atoms with Crippen molar-refractivity contribution < 1.29 is 0 Å². The van der Waals surface area contributed by atoms with Gasteiger partial charge in [0.05, 0.1) is 0 Å². The fourth-order valence-corrected chi connectivity index (χ4v) is 3.10. The van der Waals surface area contributed by atoms with Gasteiger partial charge < -0.3 is 5.32 Å². The number of hydrogen-bond acceptors (Lipinski definition) is 1. The topological polar surface area (TPSA) is 12.0 Å². The third-order valence-electron chi connectivity index (χ3n) is 3.83. The first-order valence-corrected chi connectivity index (χ1v) is 5.15. The van der Waals surface area contributed by atoms with Gasteiger partial charge in [0, 0.05) is 6.04 Å². The van der Waals surface area contributed by atoms with Crippen LogP contribution in [0, 0.1) is 17.8 Å². The molecule has 1 heteroatoms. The van der Waals surface area contributed by atoms with Crippen molar-refractivity contribution in [1.29, 1.82) is 0 Å². The molecule has 0 radical (unpaired) electrons. The van der Waals surface area contributed by atoms with Gasteiger partial charge in [-0.2, -0.15) is 0 Å². The molecular weight excluding hydrogens is 134 g/mol. The molecule has 1 heterocycles. The Labute approximate surface area is 68.6 Å². The number of nitrogens with one attached hydrogen (secondary N) is 1. The normalized spacial score (nSPS) is 49.6. The molecular formula is C10H17N. The van der Waals surface area contributed by atoms with Gasteiger partial charge in [-0.15, -0.1) is 0 Å². The molecule has 2 bridgehead atoms. The Bertz CT molecular complexity index is 150. The first-order valence-electron chi connectivity index (χ1n) is 5.15. The molecule has 62 valence electrons. The third-order valence-corrected chi connectivity index (χ3v) is 3.83. The molecule has 1 nitrogen and oxygen atoms in total. The minimum Gasteiger partial charge on any atom is -0.314 e. The van der Waals surface area contributed by atoms with E-state index in [4.69, 9.17) is 0 Å². The Morgan fingerprint density at radius 3 is 2.55 bits per heavy atom. The first-order chi connectivity index (χ1) is 5.42. The van der Waals surface area contributed by atoms with E-state index in [9.17, 15) is 0 Å². The second-order valence-electron chi connectivity index (χ2n) is 4.78. The van der Waals surface area contributed by atoms with Crippen LogP contribution in [0.15, 0.2) is 0 Å². The van der Waals surface area contributed by atoms with E-state index in [0.29, 0.717) is 0 Å². The van der Waals surface area contributed by atoms with E-state index in [1.807, 2.05) is 0 Å². The molecule has 0 aromatic carbocycles. The van der Waals surface area contributed by atoms with Crippen molar-refractivity contribution in [2.45, 2.75) is 38.1 Å². The van der Waals surface area contributed by atoms with Gasteiger partial charge in [-0.05, 0) is 56.4 Å². The maximum Gasteiger partial charge on any atom is 0.00730 e. The van der Waals surface area contributed by atoms with Crippen LogP contribution in [0.3, 0.4) is 0 Å². The Kier molecular flexibility index (Phi) is 1.31. The van der Waals surface area contributed by atoms with E-state index in [1.54, 1.807) is 19.3 Å². The van der Waals surface area contributed by atoms with Gasteiger partial charge in [0.15, 0.2) is 0 Å². The van der Waals surface area contributed by atoms with Crippen molar-refractivity contribution >= 4 is 0 Å². The van der Waals surface area contributed by atoms with Crippen LogP contribution in [0.5, 0.6) is 0 Å². The molecule has 3 aliphatic rings. The average Bonchev–Trinajstić information content (AvgIpc) is 2.79. The van der Waals surface area contributed by atoms with Crippen molar-refractivity contribution in [3.05, 3.63) is 0 Å². The van der Waals surface area contributed by atoms with Crippen molar-refractivity contribution in [3.8, 4) is 0 Å². The summed E-state index contributed by atoms with van der Waals surface area (Å²) >= 11 is 0. The van der Waals surface area contributed by atoms with Crippen LogP contribution in [0.25, 0.3) is 0 Å². The summed E-state index contributed by atoms with van der Waals surface area (Å²) in [6.07, 6.45) is 7.63. The molecule has 0 spiro atoms. The van der Waals surface area contributed by atoms with Gasteiger partial charge in [0.1, 0.15) is 0 Å². The van der Waals surface area contributed by atoms with Gasteiger partial charge in [-0.3, -0.25) is 0 Å². The Morgan fingerprint density at radius 2 is 1.82 bits per heavy atom. The van der Waals surface area contributed by atoms with Crippen LogP contribution in [0.2, 0.25) is 0 Å². The lowest BCUT2D eigenvalue weighted by Gasteiger charge is -2.26. The maximum absolute atomic E-state index is 3.63. The number of rotatable bonds is 1. The highest BCUT2D eigenvalue weighted by molar-refractivity contribution is 4.95. The summed E-state index contributed by atoms with van der Waals surface area (Å²) in [6.45, 7) is 1.33. The van der Waals surface area contributed by atoms with Crippen molar-refractivity contribution in [1.82, 2.24) is 5.32 Å². The average molecular weight is 151 g/mol. The van der Waals surface area contributed by atoms with Crippen molar-refractivity contribution in [3.63, 3.8) is 0 Å². The van der Waals surface area contributed by atoms with Gasteiger partial charge in [0.25, 0.3) is 0 Å². The summed E-state index contributed by atoms with van der Waals surface area (Å²) in [7, 11) is 0. The predicted octanol–water partition coefficient (Wildman–Crippen LogP) is 1.78. The molecule has 1 saturated heterocycles. The zero-order chi connectivity index (χ0) is 7.26. The van der Waals surface area contributed by atoms with Crippen LogP contribution >= 0.6 is 0 Å². The van der Waals surface area contributed by atoms with Crippen LogP contribution in [-0.2, 0) is 0 Å². The molecule has 3 fully saturated rings. The van der Waals surface area contributed by atoms with Crippen molar-refractivity contribution in [2.24, 2.45) is 17.8 Å². The smallest absolute Gasteiger partial charge is 0.00730 e. The van der Waals surface area contributed by atoms with Crippen molar-refractivity contribution in [2.75, 3.05) is 6.54 Å². The molecule has 0 aromatic heterocycles. The highest BCUT2D eigenvalue weighted by Crippen LogP contribution is 2.46. The summed E-state index contributed by atoms with van der Waals surface area (Å²) in [5, 5.41) is 3.63. The van der Waals surface area contributed by atoms with Crippen LogP contribution < -0.4 is 5.32 Å². The van der Waals surface area contributed by atoms with E-state index in [0.717, 1.165) is 23.8 Å². The fraction of sp³-hybridized carbons (Fsp3) is 1.00.